The highest BCUT2D eigenvalue weighted by Crippen LogP contribution is 2.15. The van der Waals surface area contributed by atoms with Crippen molar-refractivity contribution in [2.24, 2.45) is 0 Å². The van der Waals surface area contributed by atoms with E-state index >= 15 is 0 Å². The molecule has 2 aromatic rings. The lowest BCUT2D eigenvalue weighted by Gasteiger charge is -2.08. The molecule has 0 aliphatic rings. The van der Waals surface area contributed by atoms with Gasteiger partial charge in [-0.05, 0) is 72.9 Å². The largest absolute Gasteiger partial charge is 0.351 e. The van der Waals surface area contributed by atoms with Crippen molar-refractivity contribution >= 4 is 44.0 Å². The highest BCUT2D eigenvalue weighted by molar-refractivity contribution is 9.09. The molecule has 0 saturated heterocycles. The number of rotatable bonds is 34. The first-order chi connectivity index (χ1) is 24.3. The van der Waals surface area contributed by atoms with Crippen molar-refractivity contribution in [2.75, 3.05) is 24.2 Å². The van der Waals surface area contributed by atoms with Crippen LogP contribution in [-0.2, 0) is 27.4 Å². The van der Waals surface area contributed by atoms with E-state index < -0.39 is 0 Å². The van der Waals surface area contributed by atoms with Crippen LogP contribution in [0, 0.1) is 0 Å². The zero-order valence-electron chi connectivity index (χ0n) is 30.7. The van der Waals surface area contributed by atoms with Crippen molar-refractivity contribution in [1.82, 2.24) is 0 Å². The smallest absolute Gasteiger partial charge is 0.150 e. The molecule has 0 fully saturated rings. The summed E-state index contributed by atoms with van der Waals surface area (Å²) < 4.78 is 17.1. The van der Waals surface area contributed by atoms with E-state index in [0.717, 1.165) is 34.6 Å². The average Bonchev–Trinajstić information content (AvgIpc) is 3.12. The van der Waals surface area contributed by atoms with Crippen LogP contribution in [0.1, 0.15) is 164 Å². The summed E-state index contributed by atoms with van der Waals surface area (Å²) in [6, 6.07) is 17.1. The summed E-state index contributed by atoms with van der Waals surface area (Å²) in [7, 11) is 0. The Hall–Kier alpha value is -1.24. The van der Waals surface area contributed by atoms with Gasteiger partial charge in [-0.1, -0.05) is 195 Å². The number of benzene rings is 2. The van der Waals surface area contributed by atoms with E-state index in [-0.39, 0.29) is 13.6 Å². The Labute approximate surface area is 318 Å². The van der Waals surface area contributed by atoms with E-state index in [1.54, 1.807) is 0 Å². The zero-order chi connectivity index (χ0) is 34.7. The Morgan fingerprint density at radius 1 is 0.408 bits per heavy atom. The van der Waals surface area contributed by atoms with Gasteiger partial charge in [-0.3, -0.25) is 0 Å². The minimum atomic E-state index is 0.220. The first kappa shape index (κ1) is 43.9. The molecule has 0 radical (unpaired) electrons. The summed E-state index contributed by atoms with van der Waals surface area (Å²) in [5, 5.41) is 2.31. The fourth-order valence-electron chi connectivity index (χ4n) is 6.02. The molecule has 0 bridgehead atoms. The van der Waals surface area contributed by atoms with E-state index in [0.29, 0.717) is 13.2 Å². The fourth-order valence-corrected chi connectivity index (χ4v) is 6.82. The fraction of sp³-hybridized carbons (Fsp3) is 0.636. The predicted molar refractivity (Wildman–Crippen MR) is 221 cm³/mol. The summed E-state index contributed by atoms with van der Waals surface area (Å²) in [4.78, 5) is 0. The second kappa shape index (κ2) is 33.9. The molecule has 5 heteroatoms. The van der Waals surface area contributed by atoms with Crippen LogP contribution in [0.2, 0.25) is 0 Å². The minimum Gasteiger partial charge on any atom is -0.351 e. The first-order valence-electron chi connectivity index (χ1n) is 19.7. The van der Waals surface area contributed by atoms with E-state index in [9.17, 15) is 0 Å². The number of halogens is 2. The van der Waals surface area contributed by atoms with Gasteiger partial charge in [-0.25, -0.2) is 0 Å². The van der Waals surface area contributed by atoms with Crippen molar-refractivity contribution in [3.63, 3.8) is 0 Å². The molecular weight excluding hydrogens is 736 g/mol. The van der Waals surface area contributed by atoms with Gasteiger partial charge in [0.05, 0.1) is 13.2 Å². The molecule has 0 aliphatic heterocycles. The van der Waals surface area contributed by atoms with Gasteiger partial charge in [0.1, 0.15) is 13.6 Å². The Bertz CT molecular complexity index is 986. The molecule has 0 saturated carbocycles. The van der Waals surface area contributed by atoms with Crippen molar-refractivity contribution in [2.45, 2.75) is 154 Å². The molecular formula is C44H68Br2O3. The summed E-state index contributed by atoms with van der Waals surface area (Å²) in [6.45, 7) is 1.50. The molecule has 2 rings (SSSR count). The molecule has 0 atom stereocenters. The molecule has 0 aromatic heterocycles. The van der Waals surface area contributed by atoms with E-state index in [1.807, 2.05) is 0 Å². The lowest BCUT2D eigenvalue weighted by Crippen LogP contribution is -2.05. The lowest BCUT2D eigenvalue weighted by atomic mass is 10.1. The molecule has 0 aliphatic carbocycles. The first-order valence-corrected chi connectivity index (χ1v) is 21.9. The van der Waals surface area contributed by atoms with Crippen molar-refractivity contribution < 1.29 is 14.2 Å². The molecule has 0 amide bonds. The van der Waals surface area contributed by atoms with Crippen LogP contribution in [0.4, 0.5) is 0 Å². The maximum absolute atomic E-state index is 5.74. The summed E-state index contributed by atoms with van der Waals surface area (Å²) >= 11 is 7.03. The molecule has 276 valence electrons. The molecule has 0 unspecified atom stereocenters. The highest BCUT2D eigenvalue weighted by Gasteiger charge is 1.99. The Balaban J connectivity index is 1.44. The number of alkyl halides is 2. The molecule has 0 spiro atoms. The van der Waals surface area contributed by atoms with Crippen LogP contribution >= 0.6 is 31.9 Å². The maximum atomic E-state index is 5.74. The predicted octanol–water partition coefficient (Wildman–Crippen LogP) is 14.7. The lowest BCUT2D eigenvalue weighted by molar-refractivity contribution is -0.139. The monoisotopic (exact) mass is 802 g/mol. The second-order valence-corrected chi connectivity index (χ2v) is 15.0. The Morgan fingerprint density at radius 2 is 0.755 bits per heavy atom. The minimum absolute atomic E-state index is 0.220. The van der Waals surface area contributed by atoms with Crippen LogP contribution < -0.4 is 0 Å². The number of hydrogen-bond acceptors (Lipinski definition) is 3. The third-order valence-corrected chi connectivity index (χ3v) is 10.0. The van der Waals surface area contributed by atoms with Crippen LogP contribution in [0.15, 0.2) is 60.7 Å². The molecule has 3 nitrogen and oxygen atoms in total. The third-order valence-electron chi connectivity index (χ3n) is 8.90. The molecule has 0 N–H and O–H groups in total. The molecule has 0 heterocycles. The summed E-state index contributed by atoms with van der Waals surface area (Å²) in [5.74, 6) is 0. The van der Waals surface area contributed by atoms with Gasteiger partial charge in [0.2, 0.25) is 0 Å². The number of unbranched alkanes of at least 4 members (excludes halogenated alkanes) is 20. The summed E-state index contributed by atoms with van der Waals surface area (Å²) in [5.41, 5.74) is 4.78. The van der Waals surface area contributed by atoms with Gasteiger partial charge >= 0.3 is 0 Å². The van der Waals surface area contributed by atoms with Gasteiger partial charge in [0.15, 0.2) is 0 Å². The van der Waals surface area contributed by atoms with Crippen molar-refractivity contribution in [3.05, 3.63) is 82.9 Å². The van der Waals surface area contributed by atoms with E-state index in [2.05, 4.69) is 105 Å². The number of hydrogen-bond donors (Lipinski definition) is 0. The normalized spacial score (nSPS) is 11.8. The topological polar surface area (TPSA) is 27.7 Å². The van der Waals surface area contributed by atoms with Crippen LogP contribution in [0.3, 0.4) is 0 Å². The van der Waals surface area contributed by atoms with Crippen LogP contribution in [0.25, 0.3) is 12.2 Å². The summed E-state index contributed by atoms with van der Waals surface area (Å²) in [6.07, 6.45) is 38.9. The van der Waals surface area contributed by atoms with Crippen LogP contribution in [-0.4, -0.2) is 24.2 Å². The standard InChI is InChI=1S/C44H68Br2O3/c45-33-23-19-15-11-7-3-1-5-9-13-17-21-27-41-29-25-31-43(35-41)37-47-39-49-40-48-38-44-32-26-30-42(36-44)28-22-18-14-10-6-2-4-8-12-16-20-24-34-46/h21-22,25-32,35-36H,1-20,23-24,33-34,37-40H2. The van der Waals surface area contributed by atoms with Gasteiger partial charge in [0.25, 0.3) is 0 Å². The second-order valence-electron chi connectivity index (χ2n) is 13.5. The average molecular weight is 805 g/mol. The number of allylic oxidation sites excluding steroid dienone is 2. The van der Waals surface area contributed by atoms with Crippen LogP contribution in [0.5, 0.6) is 0 Å². The van der Waals surface area contributed by atoms with Gasteiger partial charge in [0, 0.05) is 10.7 Å². The molecule has 2 aromatic carbocycles. The van der Waals surface area contributed by atoms with Crippen molar-refractivity contribution in [3.8, 4) is 0 Å². The highest BCUT2D eigenvalue weighted by atomic mass is 79.9. The Kier molecular flexibility index (Phi) is 30.4. The van der Waals surface area contributed by atoms with E-state index in [1.165, 1.54) is 140 Å². The van der Waals surface area contributed by atoms with Crippen molar-refractivity contribution in [1.29, 1.82) is 0 Å². The van der Waals surface area contributed by atoms with Gasteiger partial charge in [-0.15, -0.1) is 0 Å². The van der Waals surface area contributed by atoms with E-state index in [4.69, 9.17) is 14.2 Å². The van der Waals surface area contributed by atoms with Gasteiger partial charge < -0.3 is 14.2 Å². The zero-order valence-corrected chi connectivity index (χ0v) is 33.9. The number of ether oxygens (including phenoxy) is 3. The van der Waals surface area contributed by atoms with Gasteiger partial charge in [-0.2, -0.15) is 0 Å². The quantitative estimate of drug-likeness (QED) is 0.0401. The molecule has 49 heavy (non-hydrogen) atoms. The SMILES string of the molecule is BrCCCCCCCCCCCCC=Cc1cccc(COCOCOCc2cccc(C=CCCCCCCCCCCCCBr)c2)c1. The maximum Gasteiger partial charge on any atom is 0.150 e. The Morgan fingerprint density at radius 3 is 1.12 bits per heavy atom. The third kappa shape index (κ3) is 27.1.